The minimum atomic E-state index is -0.931. The van der Waals surface area contributed by atoms with Crippen molar-refractivity contribution in [3.8, 4) is 11.1 Å². The Hall–Kier alpha value is -4.67. The van der Waals surface area contributed by atoms with Gasteiger partial charge in [-0.25, -0.2) is 0 Å². The third-order valence-electron chi connectivity index (χ3n) is 5.23. The highest BCUT2D eigenvalue weighted by Gasteiger charge is 2.30. The Labute approximate surface area is 180 Å². The predicted molar refractivity (Wildman–Crippen MR) is 117 cm³/mol. The average Bonchev–Trinajstić information content (AvgIpc) is 3.14. The number of rotatable bonds is 6. The van der Waals surface area contributed by atoms with Gasteiger partial charge in [0.15, 0.2) is 0 Å². The zero-order chi connectivity index (χ0) is 23.0. The van der Waals surface area contributed by atoms with Gasteiger partial charge in [-0.3, -0.25) is 35.8 Å². The number of nitro benzene ring substituents is 3. The number of fused-ring (bicyclic) bond motifs is 3. The molecule has 1 aliphatic carbocycles. The summed E-state index contributed by atoms with van der Waals surface area (Å²) < 4.78 is 0. The molecular formula is C21H15N5O6. The number of nitrogens with zero attached hydrogens (tertiary/aromatic N) is 4. The predicted octanol–water partition coefficient (Wildman–Crippen LogP) is 4.82. The van der Waals surface area contributed by atoms with E-state index in [9.17, 15) is 30.3 Å². The van der Waals surface area contributed by atoms with Crippen LogP contribution in [0.5, 0.6) is 0 Å². The minimum absolute atomic E-state index is 0.436. The Balaban J connectivity index is 1.69. The zero-order valence-electron chi connectivity index (χ0n) is 16.6. The van der Waals surface area contributed by atoms with Crippen molar-refractivity contribution < 1.29 is 14.8 Å². The molecular weight excluding hydrogens is 418 g/mol. The SMILES string of the molecule is C/C(=N\Nc1c([N+](=O)[O-])cc([N+](=O)[O-])cc1[N+](=O)[O-])c1ccc2c(c1)Cc1ccccc1-2. The lowest BCUT2D eigenvalue weighted by atomic mass is 10.0. The van der Waals surface area contributed by atoms with Crippen molar-refractivity contribution in [2.24, 2.45) is 5.10 Å². The second-order valence-corrected chi connectivity index (χ2v) is 7.15. The fourth-order valence-electron chi connectivity index (χ4n) is 3.68. The second-order valence-electron chi connectivity index (χ2n) is 7.15. The van der Waals surface area contributed by atoms with Crippen LogP contribution in [0.15, 0.2) is 59.7 Å². The van der Waals surface area contributed by atoms with Crippen molar-refractivity contribution in [2.45, 2.75) is 13.3 Å². The molecule has 3 aromatic rings. The van der Waals surface area contributed by atoms with E-state index in [2.05, 4.69) is 22.7 Å². The van der Waals surface area contributed by atoms with Crippen LogP contribution < -0.4 is 5.43 Å². The first kappa shape index (κ1) is 20.6. The van der Waals surface area contributed by atoms with E-state index in [4.69, 9.17) is 0 Å². The van der Waals surface area contributed by atoms with E-state index < -0.39 is 37.5 Å². The van der Waals surface area contributed by atoms with Gasteiger partial charge in [0.05, 0.1) is 32.6 Å². The molecule has 0 saturated carbocycles. The van der Waals surface area contributed by atoms with E-state index in [1.807, 2.05) is 30.3 Å². The minimum Gasteiger partial charge on any atom is -0.266 e. The van der Waals surface area contributed by atoms with Gasteiger partial charge >= 0.3 is 11.4 Å². The van der Waals surface area contributed by atoms with Crippen molar-refractivity contribution in [1.82, 2.24) is 0 Å². The van der Waals surface area contributed by atoms with E-state index in [0.29, 0.717) is 17.8 Å². The molecule has 1 N–H and O–H groups in total. The summed E-state index contributed by atoms with van der Waals surface area (Å²) in [6.07, 6.45) is 0.763. The lowest BCUT2D eigenvalue weighted by molar-refractivity contribution is -0.401. The highest BCUT2D eigenvalue weighted by molar-refractivity contribution is 6.00. The molecule has 0 spiro atoms. The quantitative estimate of drug-likeness (QED) is 0.260. The topological polar surface area (TPSA) is 154 Å². The second kappa shape index (κ2) is 7.87. The molecule has 11 nitrogen and oxygen atoms in total. The monoisotopic (exact) mass is 433 g/mol. The van der Waals surface area contributed by atoms with Crippen LogP contribution in [0.25, 0.3) is 11.1 Å². The summed E-state index contributed by atoms with van der Waals surface area (Å²) in [5.74, 6) is 0. The summed E-state index contributed by atoms with van der Waals surface area (Å²) in [6, 6.07) is 15.1. The van der Waals surface area contributed by atoms with Gasteiger partial charge in [-0.1, -0.05) is 36.4 Å². The van der Waals surface area contributed by atoms with E-state index in [0.717, 1.165) is 23.1 Å². The van der Waals surface area contributed by atoms with Gasteiger partial charge in [0.2, 0.25) is 5.69 Å². The summed E-state index contributed by atoms with van der Waals surface area (Å²) in [4.78, 5) is 31.0. The van der Waals surface area contributed by atoms with Crippen LogP contribution in [0, 0.1) is 30.3 Å². The Kier molecular flexibility index (Phi) is 5.07. The molecule has 3 aromatic carbocycles. The number of hydrogen-bond acceptors (Lipinski definition) is 8. The van der Waals surface area contributed by atoms with Crippen molar-refractivity contribution in [2.75, 3.05) is 5.43 Å². The molecule has 0 radical (unpaired) electrons. The summed E-state index contributed by atoms with van der Waals surface area (Å²) in [5.41, 5.74) is 5.23. The summed E-state index contributed by atoms with van der Waals surface area (Å²) in [6.45, 7) is 1.65. The van der Waals surface area contributed by atoms with Crippen LogP contribution in [0.1, 0.15) is 23.6 Å². The first-order valence-corrected chi connectivity index (χ1v) is 9.39. The number of nitrogens with one attached hydrogen (secondary N) is 1. The van der Waals surface area contributed by atoms with Crippen molar-refractivity contribution in [1.29, 1.82) is 0 Å². The third kappa shape index (κ3) is 3.62. The van der Waals surface area contributed by atoms with Crippen LogP contribution in [0.2, 0.25) is 0 Å². The van der Waals surface area contributed by atoms with Gasteiger partial charge in [-0.15, -0.1) is 0 Å². The Morgan fingerprint density at radius 3 is 2.09 bits per heavy atom. The standard InChI is InChI=1S/C21H15N5O6/c1-12(13-6-7-18-15(8-13)9-14-4-2-3-5-17(14)18)22-23-21-19(25(29)30)10-16(24(27)28)11-20(21)26(31)32/h2-8,10-11,23H,9H2,1H3/b22-12+. The molecule has 160 valence electrons. The van der Waals surface area contributed by atoms with Gasteiger partial charge in [0.25, 0.3) is 5.69 Å². The maximum Gasteiger partial charge on any atom is 0.308 e. The molecule has 4 rings (SSSR count). The molecule has 0 saturated heterocycles. The first-order chi connectivity index (χ1) is 15.3. The van der Waals surface area contributed by atoms with Crippen molar-refractivity contribution in [3.05, 3.63) is 102 Å². The number of benzene rings is 3. The molecule has 0 aliphatic heterocycles. The number of hydrazone groups is 1. The van der Waals surface area contributed by atoms with Gasteiger partial charge in [0, 0.05) is 0 Å². The van der Waals surface area contributed by atoms with E-state index in [1.54, 1.807) is 6.92 Å². The largest absolute Gasteiger partial charge is 0.308 e. The Morgan fingerprint density at radius 1 is 0.844 bits per heavy atom. The lowest BCUT2D eigenvalue weighted by Gasteiger charge is -2.07. The van der Waals surface area contributed by atoms with Gasteiger partial charge in [-0.2, -0.15) is 5.10 Å². The van der Waals surface area contributed by atoms with Crippen LogP contribution in [-0.2, 0) is 6.42 Å². The van der Waals surface area contributed by atoms with Crippen molar-refractivity contribution >= 4 is 28.5 Å². The molecule has 0 bridgehead atoms. The highest BCUT2D eigenvalue weighted by atomic mass is 16.6. The molecule has 11 heteroatoms. The lowest BCUT2D eigenvalue weighted by Crippen LogP contribution is -2.06. The van der Waals surface area contributed by atoms with Gasteiger partial charge in [-0.05, 0) is 47.2 Å². The number of non-ortho nitro benzene ring substituents is 1. The molecule has 0 amide bonds. The Bertz CT molecular complexity index is 1300. The first-order valence-electron chi connectivity index (χ1n) is 9.39. The highest BCUT2D eigenvalue weighted by Crippen LogP contribution is 2.39. The third-order valence-corrected chi connectivity index (χ3v) is 5.23. The van der Waals surface area contributed by atoms with E-state index in [-0.39, 0.29) is 0 Å². The summed E-state index contributed by atoms with van der Waals surface area (Å²) in [7, 11) is 0. The molecule has 32 heavy (non-hydrogen) atoms. The number of hydrogen-bond donors (Lipinski definition) is 1. The van der Waals surface area contributed by atoms with E-state index >= 15 is 0 Å². The van der Waals surface area contributed by atoms with Crippen LogP contribution >= 0.6 is 0 Å². The molecule has 0 unspecified atom stereocenters. The molecule has 1 aliphatic rings. The zero-order valence-corrected chi connectivity index (χ0v) is 16.6. The molecule has 0 heterocycles. The summed E-state index contributed by atoms with van der Waals surface area (Å²) in [5, 5.41) is 37.9. The number of nitro groups is 3. The molecule has 0 aromatic heterocycles. The fourth-order valence-corrected chi connectivity index (χ4v) is 3.68. The maximum atomic E-state index is 11.4. The molecule has 0 atom stereocenters. The van der Waals surface area contributed by atoms with Crippen LogP contribution in [-0.4, -0.2) is 20.5 Å². The van der Waals surface area contributed by atoms with Gasteiger partial charge < -0.3 is 0 Å². The Morgan fingerprint density at radius 2 is 1.47 bits per heavy atom. The number of anilines is 1. The smallest absolute Gasteiger partial charge is 0.266 e. The average molecular weight is 433 g/mol. The van der Waals surface area contributed by atoms with Crippen LogP contribution in [0.4, 0.5) is 22.7 Å². The van der Waals surface area contributed by atoms with Gasteiger partial charge in [0.1, 0.15) is 0 Å². The van der Waals surface area contributed by atoms with E-state index in [1.165, 1.54) is 11.1 Å². The van der Waals surface area contributed by atoms with Crippen molar-refractivity contribution in [3.63, 3.8) is 0 Å². The summed E-state index contributed by atoms with van der Waals surface area (Å²) >= 11 is 0. The van der Waals surface area contributed by atoms with Crippen LogP contribution in [0.3, 0.4) is 0 Å². The molecule has 0 fully saturated rings. The maximum absolute atomic E-state index is 11.4. The normalized spacial score (nSPS) is 12.1. The fraction of sp³-hybridized carbons (Fsp3) is 0.0952.